The number of rotatable bonds is 5. The molecule has 0 saturated heterocycles. The molecule has 0 spiro atoms. The lowest BCUT2D eigenvalue weighted by Crippen LogP contribution is -2.29. The van der Waals surface area contributed by atoms with E-state index in [1.165, 1.54) is 22.7 Å². The standard InChI is InChI=1S/C14H19N3S2/c1-2-15-7-14-16-12(10-19-14)9-17-5-3-13-11(8-17)4-6-18-13/h4,6,10,15H,2-3,5,7-9H2,1H3. The van der Waals surface area contributed by atoms with Crippen LogP contribution in [0.15, 0.2) is 16.8 Å². The molecule has 0 saturated carbocycles. The third-order valence-electron chi connectivity index (χ3n) is 3.40. The fraction of sp³-hybridized carbons (Fsp3) is 0.500. The van der Waals surface area contributed by atoms with E-state index in [1.807, 2.05) is 11.3 Å². The summed E-state index contributed by atoms with van der Waals surface area (Å²) in [5, 5.41) is 8.94. The number of hydrogen-bond donors (Lipinski definition) is 1. The number of nitrogens with one attached hydrogen (secondary N) is 1. The number of thiazole rings is 1. The average molecular weight is 293 g/mol. The van der Waals surface area contributed by atoms with Crippen molar-refractivity contribution < 1.29 is 0 Å². The molecule has 0 bridgehead atoms. The molecule has 0 radical (unpaired) electrons. The van der Waals surface area contributed by atoms with Crippen LogP contribution in [0.5, 0.6) is 0 Å². The van der Waals surface area contributed by atoms with E-state index in [0.717, 1.165) is 32.7 Å². The molecule has 2 aromatic rings. The Labute approximate surface area is 122 Å². The molecule has 3 nitrogen and oxygen atoms in total. The Hall–Kier alpha value is -0.750. The summed E-state index contributed by atoms with van der Waals surface area (Å²) in [4.78, 5) is 8.78. The van der Waals surface area contributed by atoms with Crippen LogP contribution < -0.4 is 5.32 Å². The van der Waals surface area contributed by atoms with E-state index in [2.05, 4.69) is 34.0 Å². The van der Waals surface area contributed by atoms with Gasteiger partial charge in [-0.05, 0) is 30.0 Å². The Bertz CT molecular complexity index is 532. The van der Waals surface area contributed by atoms with Gasteiger partial charge in [0.2, 0.25) is 0 Å². The summed E-state index contributed by atoms with van der Waals surface area (Å²) < 4.78 is 0. The Kier molecular flexibility index (Phi) is 4.28. The van der Waals surface area contributed by atoms with E-state index in [4.69, 9.17) is 4.98 Å². The first kappa shape index (κ1) is 13.2. The molecule has 3 rings (SSSR count). The van der Waals surface area contributed by atoms with Gasteiger partial charge in [0.15, 0.2) is 0 Å². The Balaban J connectivity index is 1.58. The molecule has 2 aromatic heterocycles. The predicted octanol–water partition coefficient (Wildman–Crippen LogP) is 2.87. The summed E-state index contributed by atoms with van der Waals surface area (Å²) in [5.74, 6) is 0. The highest BCUT2D eigenvalue weighted by atomic mass is 32.1. The normalized spacial score (nSPS) is 15.6. The van der Waals surface area contributed by atoms with Crippen molar-refractivity contribution in [3.8, 4) is 0 Å². The van der Waals surface area contributed by atoms with Gasteiger partial charge in [-0.15, -0.1) is 22.7 Å². The molecule has 102 valence electrons. The van der Waals surface area contributed by atoms with Crippen molar-refractivity contribution in [1.29, 1.82) is 0 Å². The first-order valence-electron chi connectivity index (χ1n) is 6.76. The molecule has 3 heterocycles. The summed E-state index contributed by atoms with van der Waals surface area (Å²) in [6.07, 6.45) is 1.20. The third-order valence-corrected chi connectivity index (χ3v) is 5.32. The fourth-order valence-corrected chi connectivity index (χ4v) is 4.05. The minimum Gasteiger partial charge on any atom is -0.311 e. The Morgan fingerprint density at radius 2 is 2.37 bits per heavy atom. The van der Waals surface area contributed by atoms with Gasteiger partial charge in [-0.25, -0.2) is 4.98 Å². The van der Waals surface area contributed by atoms with Gasteiger partial charge in [-0.3, -0.25) is 4.90 Å². The van der Waals surface area contributed by atoms with Crippen LogP contribution >= 0.6 is 22.7 Å². The molecular weight excluding hydrogens is 274 g/mol. The molecule has 0 aliphatic carbocycles. The molecule has 19 heavy (non-hydrogen) atoms. The zero-order valence-electron chi connectivity index (χ0n) is 11.2. The van der Waals surface area contributed by atoms with Gasteiger partial charge in [-0.1, -0.05) is 6.92 Å². The summed E-state index contributed by atoms with van der Waals surface area (Å²) >= 11 is 3.67. The Morgan fingerprint density at radius 1 is 1.42 bits per heavy atom. The Morgan fingerprint density at radius 3 is 3.26 bits per heavy atom. The number of thiophene rings is 1. The lowest BCUT2D eigenvalue weighted by molar-refractivity contribution is 0.245. The molecule has 0 aromatic carbocycles. The van der Waals surface area contributed by atoms with Crippen LogP contribution in [0.4, 0.5) is 0 Å². The van der Waals surface area contributed by atoms with E-state index in [-0.39, 0.29) is 0 Å². The van der Waals surface area contributed by atoms with Gasteiger partial charge in [0.1, 0.15) is 5.01 Å². The molecule has 0 unspecified atom stereocenters. The molecule has 1 aliphatic rings. The fourth-order valence-electron chi connectivity index (χ4n) is 2.41. The van der Waals surface area contributed by atoms with Crippen molar-refractivity contribution in [3.05, 3.63) is 38.0 Å². The first-order valence-corrected chi connectivity index (χ1v) is 8.52. The summed E-state index contributed by atoms with van der Waals surface area (Å²) in [6, 6.07) is 2.27. The molecule has 5 heteroatoms. The minimum atomic E-state index is 0.899. The van der Waals surface area contributed by atoms with Gasteiger partial charge < -0.3 is 5.32 Å². The smallest absolute Gasteiger partial charge is 0.107 e. The van der Waals surface area contributed by atoms with Gasteiger partial charge in [0.25, 0.3) is 0 Å². The van der Waals surface area contributed by atoms with Gasteiger partial charge in [0, 0.05) is 36.4 Å². The SMILES string of the molecule is CCNCc1nc(CN2CCc3sccc3C2)cs1. The zero-order chi connectivity index (χ0) is 13.1. The largest absolute Gasteiger partial charge is 0.311 e. The highest BCUT2D eigenvalue weighted by Gasteiger charge is 2.17. The lowest BCUT2D eigenvalue weighted by Gasteiger charge is -2.25. The highest BCUT2D eigenvalue weighted by molar-refractivity contribution is 7.10. The number of hydrogen-bond acceptors (Lipinski definition) is 5. The second kappa shape index (κ2) is 6.13. The molecule has 1 aliphatic heterocycles. The van der Waals surface area contributed by atoms with Crippen molar-refractivity contribution in [2.24, 2.45) is 0 Å². The number of fused-ring (bicyclic) bond motifs is 1. The van der Waals surface area contributed by atoms with E-state index in [1.54, 1.807) is 16.2 Å². The predicted molar refractivity (Wildman–Crippen MR) is 81.6 cm³/mol. The van der Waals surface area contributed by atoms with Crippen molar-refractivity contribution in [1.82, 2.24) is 15.2 Å². The van der Waals surface area contributed by atoms with E-state index in [9.17, 15) is 0 Å². The van der Waals surface area contributed by atoms with Crippen molar-refractivity contribution in [2.75, 3.05) is 13.1 Å². The molecule has 0 fully saturated rings. The highest BCUT2D eigenvalue weighted by Crippen LogP contribution is 2.25. The maximum Gasteiger partial charge on any atom is 0.107 e. The molecule has 0 amide bonds. The van der Waals surface area contributed by atoms with Gasteiger partial charge in [0.05, 0.1) is 5.69 Å². The van der Waals surface area contributed by atoms with E-state index < -0.39 is 0 Å². The first-order chi connectivity index (χ1) is 9.35. The third kappa shape index (κ3) is 3.23. The maximum atomic E-state index is 4.70. The van der Waals surface area contributed by atoms with Crippen LogP contribution in [0.3, 0.4) is 0 Å². The van der Waals surface area contributed by atoms with E-state index in [0.29, 0.717) is 0 Å². The second-order valence-corrected chi connectivity index (χ2v) is 6.79. The van der Waals surface area contributed by atoms with Crippen molar-refractivity contribution in [3.63, 3.8) is 0 Å². The monoisotopic (exact) mass is 293 g/mol. The van der Waals surface area contributed by atoms with Crippen LogP contribution in [0, 0.1) is 0 Å². The summed E-state index contributed by atoms with van der Waals surface area (Å²) in [5.41, 5.74) is 2.73. The minimum absolute atomic E-state index is 0.899. The van der Waals surface area contributed by atoms with Crippen LogP contribution in [0.25, 0.3) is 0 Å². The van der Waals surface area contributed by atoms with E-state index >= 15 is 0 Å². The van der Waals surface area contributed by atoms with Crippen LogP contribution in [0.2, 0.25) is 0 Å². The van der Waals surface area contributed by atoms with Crippen LogP contribution in [-0.4, -0.2) is 23.0 Å². The molecular formula is C14H19N3S2. The zero-order valence-corrected chi connectivity index (χ0v) is 12.8. The van der Waals surface area contributed by atoms with Crippen LogP contribution in [0.1, 0.15) is 28.1 Å². The van der Waals surface area contributed by atoms with Crippen molar-refractivity contribution >= 4 is 22.7 Å². The number of nitrogens with zero attached hydrogens (tertiary/aromatic N) is 2. The van der Waals surface area contributed by atoms with Gasteiger partial charge in [-0.2, -0.15) is 0 Å². The summed E-state index contributed by atoms with van der Waals surface area (Å²) in [7, 11) is 0. The molecule has 0 atom stereocenters. The van der Waals surface area contributed by atoms with Crippen LogP contribution in [-0.2, 0) is 26.1 Å². The number of aromatic nitrogens is 1. The second-order valence-electron chi connectivity index (χ2n) is 4.84. The average Bonchev–Trinajstić information content (AvgIpc) is 3.05. The summed E-state index contributed by atoms with van der Waals surface area (Å²) in [6.45, 7) is 7.25. The van der Waals surface area contributed by atoms with Crippen molar-refractivity contribution in [2.45, 2.75) is 33.0 Å². The quantitative estimate of drug-likeness (QED) is 0.919. The maximum absolute atomic E-state index is 4.70. The van der Waals surface area contributed by atoms with Gasteiger partial charge >= 0.3 is 0 Å². The lowest BCUT2D eigenvalue weighted by atomic mass is 10.1. The molecule has 1 N–H and O–H groups in total. The topological polar surface area (TPSA) is 28.2 Å².